The summed E-state index contributed by atoms with van der Waals surface area (Å²) in [5.41, 5.74) is 5.37. The van der Waals surface area contributed by atoms with E-state index < -0.39 is 51.6 Å². The molecule has 0 radical (unpaired) electrons. The minimum atomic E-state index is -1.81. The fourth-order valence-corrected chi connectivity index (χ4v) is 12.9. The number of hydrogen-bond acceptors (Lipinski definition) is 13. The van der Waals surface area contributed by atoms with E-state index in [1.807, 2.05) is 120 Å². The number of ether oxygens (including phenoxy) is 1. The van der Waals surface area contributed by atoms with Crippen LogP contribution in [0.1, 0.15) is 76.4 Å². The summed E-state index contributed by atoms with van der Waals surface area (Å²) in [4.78, 5) is 58.6. The number of hydrogen-bond donors (Lipinski definition) is 4. The zero-order valence-corrected chi connectivity index (χ0v) is 41.7. The van der Waals surface area contributed by atoms with Crippen molar-refractivity contribution in [3.8, 4) is 11.5 Å². The number of anilines is 1. The van der Waals surface area contributed by atoms with Gasteiger partial charge in [0.15, 0.2) is 28.4 Å². The number of aromatic nitrogens is 1. The molecule has 3 aliphatic heterocycles. The van der Waals surface area contributed by atoms with Gasteiger partial charge in [0, 0.05) is 25.0 Å². The molecule has 1 saturated heterocycles. The number of amides is 2. The molecule has 4 N–H and O–H groups in total. The molecule has 3 atom stereocenters. The van der Waals surface area contributed by atoms with E-state index in [1.165, 1.54) is 28.4 Å². The minimum absolute atomic E-state index is 0.0454. The Kier molecular flexibility index (Phi) is 13.7. The van der Waals surface area contributed by atoms with Gasteiger partial charge in [-0.2, -0.15) is 0 Å². The lowest BCUT2D eigenvalue weighted by Crippen LogP contribution is -2.74. The van der Waals surface area contributed by atoms with E-state index in [0.29, 0.717) is 34.9 Å². The van der Waals surface area contributed by atoms with Gasteiger partial charge in [-0.05, 0) is 82.3 Å². The van der Waals surface area contributed by atoms with Gasteiger partial charge < -0.3 is 30.4 Å². The first-order valence-corrected chi connectivity index (χ1v) is 26.9. The maximum absolute atomic E-state index is 14.9. The Morgan fingerprint density at radius 1 is 0.770 bits per heavy atom. The van der Waals surface area contributed by atoms with Crippen molar-refractivity contribution in [2.75, 3.05) is 17.6 Å². The SMILES string of the molecule is O=C(OC(c1ccccc1)c1ccccc1)C1=C(CN2Cc3cc(O)c(O)cc3C2)CS(=O)[C@@H]2C(NC(=O)/C(=N\OC3CCCC3)c3csc(NC(c4ccccc4)(c4ccccc4)c4ccccc4)n3)C(=O)N12. The second-order valence-electron chi connectivity index (χ2n) is 18.9. The third-order valence-electron chi connectivity index (χ3n) is 14.1. The number of nitrogens with zero attached hydrogens (tertiary/aromatic N) is 4. The number of phenols is 2. The zero-order valence-electron chi connectivity index (χ0n) is 40.1. The van der Waals surface area contributed by atoms with Crippen LogP contribution >= 0.6 is 11.3 Å². The van der Waals surface area contributed by atoms with Crippen LogP contribution in [0, 0.1) is 0 Å². The summed E-state index contributed by atoms with van der Waals surface area (Å²) in [6, 6.07) is 50.5. The van der Waals surface area contributed by atoms with Crippen LogP contribution in [0.25, 0.3) is 0 Å². The fraction of sp³-hybridized carbons (Fsp3) is 0.224. The molecule has 2 amide bonds. The Morgan fingerprint density at radius 2 is 1.28 bits per heavy atom. The number of β-lactam (4-membered cyclic amide) rings is 1. The number of nitrogens with one attached hydrogen (secondary N) is 2. The number of aromatic hydroxyl groups is 2. The van der Waals surface area contributed by atoms with E-state index in [2.05, 4.69) is 52.2 Å². The van der Waals surface area contributed by atoms with Crippen LogP contribution in [0.4, 0.5) is 5.13 Å². The molecule has 16 heteroatoms. The lowest BCUT2D eigenvalue weighted by Gasteiger charge is -2.49. The molecule has 374 valence electrons. The highest BCUT2D eigenvalue weighted by molar-refractivity contribution is 7.86. The van der Waals surface area contributed by atoms with E-state index in [0.717, 1.165) is 53.5 Å². The zero-order chi connectivity index (χ0) is 50.8. The molecule has 2 unspecified atom stereocenters. The predicted molar refractivity (Wildman–Crippen MR) is 282 cm³/mol. The van der Waals surface area contributed by atoms with Crippen LogP contribution in [0.5, 0.6) is 11.5 Å². The van der Waals surface area contributed by atoms with Crippen molar-refractivity contribution in [3.05, 3.63) is 225 Å². The molecule has 1 saturated carbocycles. The largest absolute Gasteiger partial charge is 0.504 e. The molecule has 14 nitrogen and oxygen atoms in total. The molecular formula is C58H52N6O8S2. The van der Waals surface area contributed by atoms with E-state index in [9.17, 15) is 28.8 Å². The molecular weight excluding hydrogens is 973 g/mol. The topological polar surface area (TPSA) is 183 Å². The standard InChI is InChI=1S/C58H52N6O8S2/c65-47-30-39-32-63(33-40(39)31-48(47)66)34-41-36-74(70)55-50(54(68)64(55)51(41)56(69)71-52(37-18-6-1-7-19-37)38-20-8-2-9-21-38)60-53(67)49(62-72-45-28-16-17-29-45)46-35-73-57(59-46)61-58(42-22-10-3-11-23-42,43-24-12-4-13-25-43)44-26-14-5-15-27-44/h1-15,18-27,30-31,35,45,50,52,55,65-66H,16-17,28-29,32-34,36H2,(H,59,61)(H,60,67)/b62-49-/t50?,55-,74?/m1/s1. The first kappa shape index (κ1) is 48.4. The Hall–Kier alpha value is -7.92. The number of phenolic OH excluding ortho intramolecular Hbond substituents is 2. The molecule has 4 heterocycles. The molecule has 74 heavy (non-hydrogen) atoms. The fourth-order valence-electron chi connectivity index (χ4n) is 10.5. The highest BCUT2D eigenvalue weighted by atomic mass is 32.2. The summed E-state index contributed by atoms with van der Waals surface area (Å²) in [5, 5.41) is 32.7. The van der Waals surface area contributed by atoms with Crippen LogP contribution in [0.2, 0.25) is 0 Å². The molecule has 11 rings (SSSR count). The number of esters is 1. The summed E-state index contributed by atoms with van der Waals surface area (Å²) in [7, 11) is -1.81. The van der Waals surface area contributed by atoms with Gasteiger partial charge in [-0.3, -0.25) is 23.6 Å². The van der Waals surface area contributed by atoms with Gasteiger partial charge in [0.2, 0.25) is 0 Å². The normalized spacial score (nSPS) is 18.9. The molecule has 0 spiro atoms. The number of oxime groups is 1. The molecule has 6 aromatic carbocycles. The van der Waals surface area contributed by atoms with E-state index in [1.54, 1.807) is 5.38 Å². The molecule has 1 aromatic heterocycles. The smallest absolute Gasteiger partial charge is 0.356 e. The number of fused-ring (bicyclic) bond motifs is 2. The second kappa shape index (κ2) is 20.9. The predicted octanol–water partition coefficient (Wildman–Crippen LogP) is 8.64. The maximum atomic E-state index is 14.9. The highest BCUT2D eigenvalue weighted by Crippen LogP contribution is 2.42. The third-order valence-corrected chi connectivity index (χ3v) is 16.5. The molecule has 0 bridgehead atoms. The quantitative estimate of drug-likeness (QED) is 0.0182. The Morgan fingerprint density at radius 3 is 1.81 bits per heavy atom. The van der Waals surface area contributed by atoms with Gasteiger partial charge >= 0.3 is 5.97 Å². The van der Waals surface area contributed by atoms with Crippen molar-refractivity contribution in [2.24, 2.45) is 5.16 Å². The Labute approximate surface area is 434 Å². The van der Waals surface area contributed by atoms with Crippen LogP contribution in [0.15, 0.2) is 186 Å². The van der Waals surface area contributed by atoms with Crippen molar-refractivity contribution >= 4 is 50.8 Å². The first-order valence-electron chi connectivity index (χ1n) is 24.6. The molecule has 4 aliphatic rings. The number of thiazole rings is 1. The number of rotatable bonds is 16. The van der Waals surface area contributed by atoms with Crippen LogP contribution in [-0.2, 0) is 53.4 Å². The summed E-state index contributed by atoms with van der Waals surface area (Å²) in [5.74, 6) is -2.80. The minimum Gasteiger partial charge on any atom is -0.504 e. The maximum Gasteiger partial charge on any atom is 0.356 e. The van der Waals surface area contributed by atoms with Crippen molar-refractivity contribution in [3.63, 3.8) is 0 Å². The Balaban J connectivity index is 0.908. The molecule has 1 aliphatic carbocycles. The lowest BCUT2D eigenvalue weighted by molar-refractivity contribution is -0.154. The average molecular weight is 1030 g/mol. The van der Waals surface area contributed by atoms with Gasteiger partial charge in [0.1, 0.15) is 34.4 Å². The molecule has 7 aromatic rings. The highest BCUT2D eigenvalue weighted by Gasteiger charge is 2.58. The van der Waals surface area contributed by atoms with Crippen molar-refractivity contribution < 1.29 is 38.4 Å². The average Bonchev–Trinajstić information content (AvgIpc) is 4.23. The summed E-state index contributed by atoms with van der Waals surface area (Å²) in [6.07, 6.45) is 2.39. The second-order valence-corrected chi connectivity index (χ2v) is 21.2. The number of carbonyl (C=O) groups excluding carboxylic acids is 3. The van der Waals surface area contributed by atoms with Crippen molar-refractivity contribution in [1.82, 2.24) is 20.1 Å². The van der Waals surface area contributed by atoms with Crippen molar-refractivity contribution in [1.29, 1.82) is 0 Å². The summed E-state index contributed by atoms with van der Waals surface area (Å²) in [6.45, 7) is 0.842. The third kappa shape index (κ3) is 9.47. The number of carbonyl (C=O) groups is 3. The van der Waals surface area contributed by atoms with Crippen LogP contribution in [-0.4, -0.2) is 82.5 Å². The van der Waals surface area contributed by atoms with Gasteiger partial charge in [0.05, 0.1) is 16.6 Å². The lowest BCUT2D eigenvalue weighted by atomic mass is 9.77. The molecule has 2 fully saturated rings. The number of benzene rings is 6. The van der Waals surface area contributed by atoms with Crippen molar-refractivity contribution in [2.45, 2.75) is 67.9 Å². The summed E-state index contributed by atoms with van der Waals surface area (Å²) < 4.78 is 21.0. The van der Waals surface area contributed by atoms with Gasteiger partial charge in [-0.15, -0.1) is 11.3 Å². The van der Waals surface area contributed by atoms with Gasteiger partial charge in [0.25, 0.3) is 11.8 Å². The van der Waals surface area contributed by atoms with Crippen LogP contribution in [0.3, 0.4) is 0 Å². The van der Waals surface area contributed by atoms with Crippen LogP contribution < -0.4 is 10.6 Å². The van der Waals surface area contributed by atoms with Gasteiger partial charge in [-0.1, -0.05) is 157 Å². The Bertz CT molecular complexity index is 3110. The van der Waals surface area contributed by atoms with Gasteiger partial charge in [-0.25, -0.2) is 9.78 Å². The van der Waals surface area contributed by atoms with E-state index >= 15 is 0 Å². The van der Waals surface area contributed by atoms with E-state index in [4.69, 9.17) is 14.6 Å². The first-order chi connectivity index (χ1) is 36.1. The summed E-state index contributed by atoms with van der Waals surface area (Å²) >= 11 is 1.29. The van der Waals surface area contributed by atoms with E-state index in [-0.39, 0.29) is 47.0 Å². The monoisotopic (exact) mass is 1020 g/mol.